The third-order valence-corrected chi connectivity index (χ3v) is 8.10. The third kappa shape index (κ3) is 6.00. The van der Waals surface area contributed by atoms with Crippen molar-refractivity contribution in [2.75, 3.05) is 20.2 Å². The molecule has 1 aliphatic rings. The van der Waals surface area contributed by atoms with Crippen molar-refractivity contribution < 1.29 is 19.1 Å². The normalized spacial score (nSPS) is 15.5. The molecule has 0 saturated carbocycles. The summed E-state index contributed by atoms with van der Waals surface area (Å²) < 4.78 is 15.1. The predicted octanol–water partition coefficient (Wildman–Crippen LogP) is 6.38. The number of aryl methyl sites for hydroxylation is 1. The molecule has 0 radical (unpaired) electrons. The Kier molecular flexibility index (Phi) is 7.80. The highest BCUT2D eigenvalue weighted by molar-refractivity contribution is 5.98. The second-order valence-electron chi connectivity index (χ2n) is 12.5. The molecule has 44 heavy (non-hydrogen) atoms. The standard InChI is InChI=1S/C35H39N5O4/c1-35(2,3)44-34(42)36-26-10-8-18-39(22-26)33(41)25-14-17-30-28(19-25)37-32(38(30)4)31-20-24-9-6-7-11-29(24)40(31)21-23-12-15-27(43-5)16-13-23/h6-7,9,11-17,19-20,26H,8,10,18,21-22H2,1-5H3,(H,36,42)/t26-/m1/s1. The highest BCUT2D eigenvalue weighted by Gasteiger charge is 2.28. The largest absolute Gasteiger partial charge is 0.497 e. The van der Waals surface area contributed by atoms with Crippen molar-refractivity contribution in [1.82, 2.24) is 24.3 Å². The Hall–Kier alpha value is -4.79. The fourth-order valence-electron chi connectivity index (χ4n) is 5.98. The van der Waals surface area contributed by atoms with Crippen LogP contribution in [-0.2, 0) is 18.3 Å². The number of likely N-dealkylation sites (tertiary alicyclic amines) is 1. The van der Waals surface area contributed by atoms with Crippen LogP contribution in [0.2, 0.25) is 0 Å². The van der Waals surface area contributed by atoms with Crippen LogP contribution in [0.1, 0.15) is 49.5 Å². The molecule has 1 saturated heterocycles. The maximum Gasteiger partial charge on any atom is 0.407 e. The van der Waals surface area contributed by atoms with E-state index in [1.807, 2.05) is 69.1 Å². The van der Waals surface area contributed by atoms with Gasteiger partial charge in [0.05, 0.1) is 23.8 Å². The lowest BCUT2D eigenvalue weighted by Crippen LogP contribution is -2.50. The smallest absolute Gasteiger partial charge is 0.407 e. The maximum absolute atomic E-state index is 13.6. The van der Waals surface area contributed by atoms with Gasteiger partial charge in [-0.15, -0.1) is 0 Å². The molecule has 1 fully saturated rings. The molecule has 5 aromatic rings. The fourth-order valence-corrected chi connectivity index (χ4v) is 5.98. The first kappa shape index (κ1) is 29.3. The molecule has 1 atom stereocenters. The summed E-state index contributed by atoms with van der Waals surface area (Å²) in [6.45, 7) is 7.26. The van der Waals surface area contributed by atoms with Gasteiger partial charge in [-0.25, -0.2) is 9.78 Å². The van der Waals surface area contributed by atoms with Gasteiger partial charge in [-0.2, -0.15) is 0 Å². The van der Waals surface area contributed by atoms with E-state index in [9.17, 15) is 9.59 Å². The Labute approximate surface area is 257 Å². The zero-order valence-corrected chi connectivity index (χ0v) is 26.0. The molecule has 6 rings (SSSR count). The van der Waals surface area contributed by atoms with Gasteiger partial charge in [0.15, 0.2) is 5.82 Å². The van der Waals surface area contributed by atoms with Crippen LogP contribution in [-0.4, -0.2) is 62.9 Å². The second kappa shape index (κ2) is 11.7. The number of nitrogens with one attached hydrogen (secondary N) is 1. The molecule has 0 aliphatic carbocycles. The summed E-state index contributed by atoms with van der Waals surface area (Å²) in [5, 5.41) is 4.07. The molecule has 0 spiro atoms. The first-order chi connectivity index (χ1) is 21.1. The molecule has 2 amide bonds. The van der Waals surface area contributed by atoms with Gasteiger partial charge in [-0.3, -0.25) is 4.79 Å². The number of para-hydroxylation sites is 1. The van der Waals surface area contributed by atoms with Crippen molar-refractivity contribution in [3.63, 3.8) is 0 Å². The molecular formula is C35H39N5O4. The maximum atomic E-state index is 13.6. The van der Waals surface area contributed by atoms with Crippen LogP contribution in [0.4, 0.5) is 4.79 Å². The molecule has 1 N–H and O–H groups in total. The van der Waals surface area contributed by atoms with E-state index >= 15 is 0 Å². The number of methoxy groups -OCH3 is 1. The number of piperidine rings is 1. The number of hydrogen-bond donors (Lipinski definition) is 1. The number of alkyl carbamates (subject to hydrolysis) is 1. The Bertz CT molecular complexity index is 1830. The third-order valence-electron chi connectivity index (χ3n) is 8.10. The molecule has 2 aromatic heterocycles. The summed E-state index contributed by atoms with van der Waals surface area (Å²) in [7, 11) is 3.68. The second-order valence-corrected chi connectivity index (χ2v) is 12.5. The van der Waals surface area contributed by atoms with E-state index in [0.29, 0.717) is 25.2 Å². The van der Waals surface area contributed by atoms with E-state index in [-0.39, 0.29) is 11.9 Å². The van der Waals surface area contributed by atoms with Crippen molar-refractivity contribution >= 4 is 33.9 Å². The lowest BCUT2D eigenvalue weighted by Gasteiger charge is -2.33. The monoisotopic (exact) mass is 593 g/mol. The van der Waals surface area contributed by atoms with E-state index < -0.39 is 11.7 Å². The first-order valence-corrected chi connectivity index (χ1v) is 15.1. The zero-order chi connectivity index (χ0) is 31.0. The molecule has 0 bridgehead atoms. The van der Waals surface area contributed by atoms with Gasteiger partial charge in [0.1, 0.15) is 11.4 Å². The molecule has 3 aromatic carbocycles. The minimum Gasteiger partial charge on any atom is -0.497 e. The summed E-state index contributed by atoms with van der Waals surface area (Å²) in [6, 6.07) is 24.2. The van der Waals surface area contributed by atoms with Gasteiger partial charge in [0, 0.05) is 49.2 Å². The average Bonchev–Trinajstić information content (AvgIpc) is 3.53. The van der Waals surface area contributed by atoms with E-state index in [1.54, 1.807) is 7.11 Å². The topological polar surface area (TPSA) is 90.6 Å². The quantitative estimate of drug-likeness (QED) is 0.247. The number of imidazole rings is 1. The van der Waals surface area contributed by atoms with Gasteiger partial charge in [0.25, 0.3) is 5.91 Å². The van der Waals surface area contributed by atoms with Crippen LogP contribution in [0.3, 0.4) is 0 Å². The lowest BCUT2D eigenvalue weighted by atomic mass is 10.0. The van der Waals surface area contributed by atoms with E-state index in [0.717, 1.165) is 57.6 Å². The minimum absolute atomic E-state index is 0.0663. The molecule has 9 heteroatoms. The number of hydrogen-bond acceptors (Lipinski definition) is 5. The molecule has 3 heterocycles. The van der Waals surface area contributed by atoms with Crippen LogP contribution >= 0.6 is 0 Å². The van der Waals surface area contributed by atoms with Crippen LogP contribution < -0.4 is 10.1 Å². The van der Waals surface area contributed by atoms with Gasteiger partial charge in [-0.05, 0) is 81.6 Å². The van der Waals surface area contributed by atoms with Crippen molar-refractivity contribution in [3.05, 3.63) is 83.9 Å². The molecule has 0 unspecified atom stereocenters. The Balaban J connectivity index is 1.28. The van der Waals surface area contributed by atoms with Gasteiger partial charge in [-0.1, -0.05) is 30.3 Å². The molecule has 228 valence electrons. The number of fused-ring (bicyclic) bond motifs is 2. The number of carbonyl (C=O) groups is 2. The van der Waals surface area contributed by atoms with Crippen molar-refractivity contribution in [1.29, 1.82) is 0 Å². The Morgan fingerprint density at radius 3 is 2.52 bits per heavy atom. The SMILES string of the molecule is COc1ccc(Cn2c(-c3nc4cc(C(=O)N5CCC[C@@H](NC(=O)OC(C)(C)C)C5)ccc4n3C)cc3ccccc32)cc1. The summed E-state index contributed by atoms with van der Waals surface area (Å²) in [4.78, 5) is 32.8. The summed E-state index contributed by atoms with van der Waals surface area (Å²) in [5.41, 5.74) is 4.99. The van der Waals surface area contributed by atoms with Gasteiger partial charge >= 0.3 is 6.09 Å². The van der Waals surface area contributed by atoms with E-state index in [1.165, 1.54) is 0 Å². The average molecular weight is 594 g/mol. The van der Waals surface area contributed by atoms with Crippen LogP contribution in [0.25, 0.3) is 33.5 Å². The lowest BCUT2D eigenvalue weighted by molar-refractivity contribution is 0.0452. The number of benzene rings is 3. The van der Waals surface area contributed by atoms with Gasteiger partial charge < -0.3 is 28.8 Å². The Morgan fingerprint density at radius 2 is 1.77 bits per heavy atom. The number of carbonyl (C=O) groups excluding carboxylic acids is 2. The molecule has 9 nitrogen and oxygen atoms in total. The number of nitrogens with zero attached hydrogens (tertiary/aromatic N) is 4. The van der Waals surface area contributed by atoms with Crippen molar-refractivity contribution in [2.45, 2.75) is 51.8 Å². The summed E-state index contributed by atoms with van der Waals surface area (Å²) >= 11 is 0. The zero-order valence-electron chi connectivity index (χ0n) is 26.0. The number of rotatable bonds is 6. The van der Waals surface area contributed by atoms with E-state index in [4.69, 9.17) is 14.5 Å². The number of ether oxygens (including phenoxy) is 2. The van der Waals surface area contributed by atoms with Crippen LogP contribution in [0, 0.1) is 0 Å². The number of amides is 2. The van der Waals surface area contributed by atoms with Crippen LogP contribution in [0.5, 0.6) is 5.75 Å². The van der Waals surface area contributed by atoms with Crippen molar-refractivity contribution in [2.24, 2.45) is 7.05 Å². The fraction of sp³-hybridized carbons (Fsp3) is 0.343. The predicted molar refractivity (Wildman–Crippen MR) is 172 cm³/mol. The highest BCUT2D eigenvalue weighted by Crippen LogP contribution is 2.31. The Morgan fingerprint density at radius 1 is 1.00 bits per heavy atom. The first-order valence-electron chi connectivity index (χ1n) is 15.1. The summed E-state index contributed by atoms with van der Waals surface area (Å²) in [5.74, 6) is 1.59. The van der Waals surface area contributed by atoms with E-state index in [2.05, 4.69) is 50.8 Å². The van der Waals surface area contributed by atoms with Gasteiger partial charge in [0.2, 0.25) is 0 Å². The highest BCUT2D eigenvalue weighted by atomic mass is 16.6. The summed E-state index contributed by atoms with van der Waals surface area (Å²) in [6.07, 6.45) is 1.15. The minimum atomic E-state index is -0.574. The van der Waals surface area contributed by atoms with Crippen molar-refractivity contribution in [3.8, 4) is 17.3 Å². The molecular weight excluding hydrogens is 554 g/mol. The number of aromatic nitrogens is 3. The molecule has 1 aliphatic heterocycles. The van der Waals surface area contributed by atoms with Crippen LogP contribution in [0.15, 0.2) is 72.8 Å².